The van der Waals surface area contributed by atoms with Crippen molar-refractivity contribution in [2.24, 2.45) is 0 Å². The van der Waals surface area contributed by atoms with Gasteiger partial charge in [-0.1, -0.05) is 71.6 Å². The smallest absolute Gasteiger partial charge is 0.344 e. The van der Waals surface area contributed by atoms with Crippen LogP contribution in [0.5, 0.6) is 5.75 Å². The van der Waals surface area contributed by atoms with E-state index >= 15 is 0 Å². The molecule has 0 amide bonds. The van der Waals surface area contributed by atoms with Gasteiger partial charge in [-0.25, -0.2) is 9.59 Å². The van der Waals surface area contributed by atoms with Crippen LogP contribution in [0.15, 0.2) is 42.0 Å². The van der Waals surface area contributed by atoms with Crippen molar-refractivity contribution in [3.8, 4) is 5.75 Å². The molecule has 162 valence electrons. The second-order valence-electron chi connectivity index (χ2n) is 4.52. The van der Waals surface area contributed by atoms with Gasteiger partial charge in [-0.15, -0.1) is 0 Å². The molecule has 5 nitrogen and oxygen atoms in total. The van der Waals surface area contributed by atoms with Crippen LogP contribution < -0.4 is 0 Å². The predicted octanol–water partition coefficient (Wildman–Crippen LogP) is 5.54. The molecule has 0 atom stereocenters. The molecule has 0 saturated heterocycles. The average Bonchev–Trinajstić information content (AvgIpc) is 2.66. The first-order chi connectivity index (χ1) is 12.3. The second kappa shape index (κ2) is 33.6. The maximum absolute atomic E-state index is 10.8. The number of allylic oxidation sites excluding steroid dienone is 1. The number of phenols is 1. The number of hydrogen-bond acceptors (Lipinski definition) is 5. The molecule has 0 aliphatic heterocycles. The van der Waals surface area contributed by atoms with Crippen LogP contribution in [0.2, 0.25) is 19.6 Å². The summed E-state index contributed by atoms with van der Waals surface area (Å²) >= 11 is 0. The second-order valence-corrected chi connectivity index (χ2v) is 7.52. The minimum absolute atomic E-state index is 0. The van der Waals surface area contributed by atoms with Crippen molar-refractivity contribution in [2.45, 2.75) is 54.3 Å². The van der Waals surface area contributed by atoms with Gasteiger partial charge in [0.15, 0.2) is 0 Å². The molecule has 1 rings (SSSR count). The molecule has 2 radical (unpaired) electrons. The molecule has 1 aromatic rings. The Morgan fingerprint density at radius 1 is 0.893 bits per heavy atom. The normalized spacial score (nSPS) is 7.11. The summed E-state index contributed by atoms with van der Waals surface area (Å²) in [6, 6.07) is 8.71. The van der Waals surface area contributed by atoms with Gasteiger partial charge >= 0.3 is 11.9 Å². The third-order valence-corrected chi connectivity index (χ3v) is 1.86. The third-order valence-electron chi connectivity index (χ3n) is 1.86. The van der Waals surface area contributed by atoms with Gasteiger partial charge in [0.25, 0.3) is 0 Å². The number of benzene rings is 1. The van der Waals surface area contributed by atoms with Crippen LogP contribution in [-0.4, -0.2) is 40.1 Å². The minimum Gasteiger partial charge on any atom is -0.508 e. The molecule has 28 heavy (non-hydrogen) atoms. The van der Waals surface area contributed by atoms with E-state index in [-0.39, 0.29) is 54.5 Å². The van der Waals surface area contributed by atoms with E-state index in [0.717, 1.165) is 0 Å². The van der Waals surface area contributed by atoms with Crippen LogP contribution in [0.4, 0.5) is 0 Å². The van der Waals surface area contributed by atoms with Crippen LogP contribution in [0, 0.1) is 7.43 Å². The number of hydrogen-bond donors (Lipinski definition) is 1. The zero-order valence-corrected chi connectivity index (χ0v) is 23.5. The Morgan fingerprint density at radius 3 is 1.32 bits per heavy atom. The van der Waals surface area contributed by atoms with Crippen molar-refractivity contribution >= 4 is 20.7 Å². The van der Waals surface area contributed by atoms with Gasteiger partial charge in [-0.3, -0.25) is 0 Å². The van der Waals surface area contributed by atoms with E-state index in [4.69, 9.17) is 5.11 Å². The van der Waals surface area contributed by atoms with E-state index in [9.17, 15) is 9.59 Å². The summed E-state index contributed by atoms with van der Waals surface area (Å²) in [7, 11) is 2.53. The van der Waals surface area contributed by atoms with Crippen molar-refractivity contribution in [3.63, 3.8) is 0 Å². The molecule has 7 heteroatoms. The predicted molar refractivity (Wildman–Crippen MR) is 118 cm³/mol. The van der Waals surface area contributed by atoms with Crippen LogP contribution in [-0.2, 0) is 51.8 Å². The summed E-state index contributed by atoms with van der Waals surface area (Å²) in [4.78, 5) is 21.5. The molecule has 0 heterocycles. The summed E-state index contributed by atoms with van der Waals surface area (Å²) < 4.78 is 8.64. The number of para-hydroxylation sites is 1. The Balaban J connectivity index is -0.0000000618. The molecule has 1 N–H and O–H groups in total. The summed E-state index contributed by atoms with van der Waals surface area (Å²) in [5.41, 5.74) is -0.0880. The monoisotopic (exact) mass is 489 g/mol. The molecule has 0 saturated carbocycles. The summed E-state index contributed by atoms with van der Waals surface area (Å²) in [6.07, 6.45) is 1.34. The maximum Gasteiger partial charge on any atom is 0.344 e. The minimum atomic E-state index is -0.681. The Labute approximate surface area is 200 Å². The molecule has 0 aromatic heterocycles. The van der Waals surface area contributed by atoms with Crippen molar-refractivity contribution in [1.29, 1.82) is 0 Å². The first-order valence-corrected chi connectivity index (χ1v) is 11.6. The number of ether oxygens (including phenoxy) is 2. The summed E-state index contributed by atoms with van der Waals surface area (Å²) in [5.74, 6) is -1.04. The molecule has 0 spiro atoms. The molecule has 0 bridgehead atoms. The molecule has 0 fully saturated rings. The number of phenolic OH excluding ortho intramolecular Hbond substituents is 1. The fourth-order valence-corrected chi connectivity index (χ4v) is 0.967. The zero-order valence-electron chi connectivity index (χ0n) is 19.6. The molecular weight excluding hydrogens is 449 g/mol. The van der Waals surface area contributed by atoms with E-state index in [1.807, 2.05) is 33.8 Å². The van der Waals surface area contributed by atoms with Crippen molar-refractivity contribution in [3.05, 3.63) is 49.4 Å². The topological polar surface area (TPSA) is 72.8 Å². The van der Waals surface area contributed by atoms with Gasteiger partial charge in [0.05, 0.1) is 14.2 Å². The summed E-state index contributed by atoms with van der Waals surface area (Å²) in [6.45, 7) is 16.4. The van der Waals surface area contributed by atoms with Crippen molar-refractivity contribution in [2.75, 3.05) is 14.2 Å². The molecular formula is C21H40O5SiY-. The first-order valence-electron chi connectivity index (χ1n) is 8.63. The fourth-order valence-electron chi connectivity index (χ4n) is 0.967. The first kappa shape index (κ1) is 41.4. The van der Waals surface area contributed by atoms with E-state index in [1.54, 1.807) is 31.2 Å². The SMILES string of the molecule is CC.CC.CC=C(C(=O)OC)C(=O)OC.C[Si](C)C.Oc1ccccc1.[CH3-].[Y]. The largest absolute Gasteiger partial charge is 0.508 e. The standard InChI is InChI=1S/C7H10O4.C6H6O.C3H9Si.2C2H6.CH3.Y/c1-4-5(6(8)10-2)7(9)11-3;7-6-4-2-1-3-5-6;1-4(2)3;2*1-2;;/h4H,1-3H3;1-5,7H;1-3H3;2*1-2H3;1H3;/q;;;;;-1;. The van der Waals surface area contributed by atoms with Crippen LogP contribution >= 0.6 is 0 Å². The Morgan fingerprint density at radius 2 is 1.18 bits per heavy atom. The van der Waals surface area contributed by atoms with Crippen LogP contribution in [0.3, 0.4) is 0 Å². The average molecular weight is 490 g/mol. The van der Waals surface area contributed by atoms with E-state index < -0.39 is 11.9 Å². The Kier molecular flexibility index (Phi) is 49.7. The summed E-state index contributed by atoms with van der Waals surface area (Å²) in [5, 5.41) is 8.63. The van der Waals surface area contributed by atoms with Crippen molar-refractivity contribution in [1.82, 2.24) is 0 Å². The van der Waals surface area contributed by atoms with Crippen LogP contribution in [0.1, 0.15) is 34.6 Å². The van der Waals surface area contributed by atoms with Gasteiger partial charge < -0.3 is 22.0 Å². The van der Waals surface area contributed by atoms with Gasteiger partial charge in [0.1, 0.15) is 11.3 Å². The van der Waals surface area contributed by atoms with Gasteiger partial charge in [-0.05, 0) is 19.1 Å². The maximum atomic E-state index is 10.8. The third kappa shape index (κ3) is 32.7. The number of carbonyl (C=O) groups is 2. The molecule has 1 aromatic carbocycles. The number of esters is 2. The van der Waals surface area contributed by atoms with Gasteiger partial charge in [0.2, 0.25) is 0 Å². The van der Waals surface area contributed by atoms with Crippen LogP contribution in [0.25, 0.3) is 0 Å². The molecule has 0 unspecified atom stereocenters. The number of rotatable bonds is 2. The fraction of sp³-hybridized carbons (Fsp3) is 0.476. The van der Waals surface area contributed by atoms with E-state index in [0.29, 0.717) is 5.75 Å². The van der Waals surface area contributed by atoms with E-state index in [2.05, 4.69) is 29.1 Å². The number of aromatic hydroxyl groups is 1. The van der Waals surface area contributed by atoms with E-state index in [1.165, 1.54) is 20.3 Å². The van der Waals surface area contributed by atoms with Crippen molar-refractivity contribution < 1.29 is 56.9 Å². The number of carbonyl (C=O) groups excluding carboxylic acids is 2. The Hall–Kier alpha value is -0.979. The van der Waals surface area contributed by atoms with Gasteiger partial charge in [0, 0.05) is 41.5 Å². The number of methoxy groups -OCH3 is 2. The quantitative estimate of drug-likeness (QED) is 0.147. The van der Waals surface area contributed by atoms with Gasteiger partial charge in [-0.2, -0.15) is 0 Å². The Bertz CT molecular complexity index is 442. The zero-order chi connectivity index (χ0) is 21.5. The molecule has 0 aliphatic rings. The molecule has 0 aliphatic carbocycles.